The molecule has 9 heteroatoms. The first-order valence-electron chi connectivity index (χ1n) is 9.84. The summed E-state index contributed by atoms with van der Waals surface area (Å²) in [6, 6.07) is 6.13. The summed E-state index contributed by atoms with van der Waals surface area (Å²) >= 11 is 0. The van der Waals surface area contributed by atoms with Crippen molar-refractivity contribution in [2.45, 2.75) is 32.6 Å². The fraction of sp³-hybridized carbons (Fsp3) is 0.476. The Morgan fingerprint density at radius 1 is 1.17 bits per heavy atom. The van der Waals surface area contributed by atoms with E-state index in [0.717, 1.165) is 5.69 Å². The van der Waals surface area contributed by atoms with Crippen LogP contribution in [0.4, 0.5) is 14.5 Å². The van der Waals surface area contributed by atoms with E-state index in [4.69, 9.17) is 10.5 Å². The third-order valence-electron chi connectivity index (χ3n) is 5.75. The first-order chi connectivity index (χ1) is 14.1. The predicted octanol–water partition coefficient (Wildman–Crippen LogP) is 2.33. The molecule has 1 saturated heterocycles. The second kappa shape index (κ2) is 8.41. The Bertz CT molecular complexity index is 906. The first kappa shape index (κ1) is 21.7. The predicted molar refractivity (Wildman–Crippen MR) is 109 cm³/mol. The van der Waals surface area contributed by atoms with Crippen LogP contribution in [-0.2, 0) is 9.59 Å². The summed E-state index contributed by atoms with van der Waals surface area (Å²) in [5.74, 6) is -4.91. The number of aliphatic carboxylic acids is 1. The average molecular weight is 420 g/mol. The lowest BCUT2D eigenvalue weighted by Crippen LogP contribution is -2.51. The van der Waals surface area contributed by atoms with Crippen LogP contribution in [-0.4, -0.2) is 66.2 Å². The molecule has 1 heterocycles. The van der Waals surface area contributed by atoms with Crippen molar-refractivity contribution in [2.24, 2.45) is 0 Å². The maximum absolute atomic E-state index is 13.7. The zero-order valence-electron chi connectivity index (χ0n) is 17.1. The van der Waals surface area contributed by atoms with E-state index in [1.807, 2.05) is 6.07 Å². The number of carboxylic acid groups (broad SMARTS) is 1. The van der Waals surface area contributed by atoms with Crippen LogP contribution in [0.5, 0.6) is 0 Å². The fourth-order valence-electron chi connectivity index (χ4n) is 3.90. The molecule has 1 aromatic carbocycles. The Morgan fingerprint density at radius 3 is 2.47 bits per heavy atom. The third-order valence-corrected chi connectivity index (χ3v) is 5.75. The molecule has 0 unspecified atom stereocenters. The summed E-state index contributed by atoms with van der Waals surface area (Å²) < 4.78 is 27.5. The van der Waals surface area contributed by atoms with Gasteiger partial charge in [0.25, 0.3) is 5.92 Å². The van der Waals surface area contributed by atoms with E-state index in [1.165, 1.54) is 11.1 Å². The number of carboxylic acids is 1. The number of carbonyl (C=O) groups excluding carboxylic acids is 1. The topological polar surface area (TPSA) is 96.7 Å². The van der Waals surface area contributed by atoms with Gasteiger partial charge in [-0.1, -0.05) is 12.1 Å². The van der Waals surface area contributed by atoms with Crippen LogP contribution in [0, 0.1) is 19.3 Å². The van der Waals surface area contributed by atoms with Gasteiger partial charge in [0.1, 0.15) is 5.71 Å². The molecule has 1 aliphatic heterocycles. The van der Waals surface area contributed by atoms with Crippen LogP contribution < -0.4 is 10.2 Å². The molecule has 0 spiro atoms. The quantitative estimate of drug-likeness (QED) is 0.614. The molecule has 0 atom stereocenters. The van der Waals surface area contributed by atoms with Gasteiger partial charge in [-0.05, 0) is 31.0 Å². The van der Waals surface area contributed by atoms with E-state index in [0.29, 0.717) is 26.2 Å². The molecule has 162 valence electrons. The van der Waals surface area contributed by atoms with Gasteiger partial charge in [0.05, 0.1) is 13.0 Å². The van der Waals surface area contributed by atoms with Crippen molar-refractivity contribution in [2.75, 3.05) is 37.6 Å². The van der Waals surface area contributed by atoms with Gasteiger partial charge >= 0.3 is 5.97 Å². The molecule has 30 heavy (non-hydrogen) atoms. The highest BCUT2D eigenvalue weighted by molar-refractivity contribution is 6.41. The number of halogens is 2. The van der Waals surface area contributed by atoms with Crippen LogP contribution in [0.3, 0.4) is 0 Å². The number of allylic oxidation sites excluding steroid dienone is 1. The Labute approximate surface area is 173 Å². The SMILES string of the molecule is Cc1cccc(N2CCN(C(=O)CNC3=C(C(=N)C(=O)O)CC(F)(F)C3)CC2)c1C. The normalized spacial score (nSPS) is 18.5. The van der Waals surface area contributed by atoms with E-state index in [9.17, 15) is 18.4 Å². The number of hydrogen-bond donors (Lipinski definition) is 3. The summed E-state index contributed by atoms with van der Waals surface area (Å²) in [6.45, 7) is 6.30. The second-order valence-electron chi connectivity index (χ2n) is 7.79. The minimum Gasteiger partial charge on any atom is -0.477 e. The molecule has 1 fully saturated rings. The Balaban J connectivity index is 1.58. The largest absolute Gasteiger partial charge is 0.477 e. The monoisotopic (exact) mass is 420 g/mol. The number of anilines is 1. The summed E-state index contributed by atoms with van der Waals surface area (Å²) in [4.78, 5) is 27.5. The Morgan fingerprint density at radius 2 is 1.83 bits per heavy atom. The molecule has 2 aliphatic rings. The zero-order chi connectivity index (χ0) is 22.1. The first-order valence-corrected chi connectivity index (χ1v) is 9.84. The number of aryl methyl sites for hydroxylation is 1. The summed E-state index contributed by atoms with van der Waals surface area (Å²) in [6.07, 6.45) is -1.49. The van der Waals surface area contributed by atoms with Crippen molar-refractivity contribution in [3.63, 3.8) is 0 Å². The van der Waals surface area contributed by atoms with Crippen LogP contribution >= 0.6 is 0 Å². The number of alkyl halides is 2. The molecular formula is C21H26F2N4O3. The van der Waals surface area contributed by atoms with Crippen LogP contribution in [0.15, 0.2) is 29.5 Å². The van der Waals surface area contributed by atoms with E-state index < -0.39 is 30.4 Å². The standard InChI is InChI=1S/C21H26F2N4O3/c1-13-4-3-5-17(14(13)2)26-6-8-27(9-7-26)18(28)12-25-16-11-21(22,23)10-15(16)19(24)20(29)30/h3-5,24-25H,6-12H2,1-2H3,(H,29,30). The van der Waals surface area contributed by atoms with E-state index in [1.54, 1.807) is 4.90 Å². The minimum atomic E-state index is -3.11. The molecule has 3 rings (SSSR count). The lowest BCUT2D eigenvalue weighted by atomic mass is 10.1. The molecule has 0 bridgehead atoms. The Hall–Kier alpha value is -2.97. The van der Waals surface area contributed by atoms with Crippen LogP contribution in [0.1, 0.15) is 24.0 Å². The maximum atomic E-state index is 13.7. The fourth-order valence-corrected chi connectivity index (χ4v) is 3.90. The van der Waals surface area contributed by atoms with E-state index >= 15 is 0 Å². The number of amides is 1. The van der Waals surface area contributed by atoms with Crippen molar-refractivity contribution in [1.82, 2.24) is 10.2 Å². The molecular weight excluding hydrogens is 394 g/mol. The molecule has 7 nitrogen and oxygen atoms in total. The lowest BCUT2D eigenvalue weighted by molar-refractivity contribution is -0.130. The molecule has 0 saturated carbocycles. The summed E-state index contributed by atoms with van der Waals surface area (Å²) in [7, 11) is 0. The highest BCUT2D eigenvalue weighted by Gasteiger charge is 2.42. The number of piperazine rings is 1. The van der Waals surface area contributed by atoms with Gasteiger partial charge in [0, 0.05) is 49.6 Å². The molecule has 1 amide bonds. The molecule has 0 aromatic heterocycles. The number of nitrogens with one attached hydrogen (secondary N) is 2. The van der Waals surface area contributed by atoms with Gasteiger partial charge in [-0.3, -0.25) is 10.2 Å². The number of carbonyl (C=O) groups is 2. The number of benzene rings is 1. The Kier molecular flexibility index (Phi) is 6.09. The smallest absolute Gasteiger partial charge is 0.354 e. The van der Waals surface area contributed by atoms with Crippen LogP contribution in [0.25, 0.3) is 0 Å². The van der Waals surface area contributed by atoms with Crippen molar-refractivity contribution in [3.05, 3.63) is 40.6 Å². The number of rotatable bonds is 6. The number of nitrogens with zero attached hydrogens (tertiary/aromatic N) is 2. The van der Waals surface area contributed by atoms with Gasteiger partial charge in [-0.25, -0.2) is 13.6 Å². The van der Waals surface area contributed by atoms with Crippen molar-refractivity contribution in [1.29, 1.82) is 5.41 Å². The van der Waals surface area contributed by atoms with Gasteiger partial charge in [-0.2, -0.15) is 0 Å². The van der Waals surface area contributed by atoms with Crippen molar-refractivity contribution in [3.8, 4) is 0 Å². The molecule has 1 aromatic rings. The van der Waals surface area contributed by atoms with E-state index in [2.05, 4.69) is 36.2 Å². The molecule has 3 N–H and O–H groups in total. The highest BCUT2D eigenvalue weighted by atomic mass is 19.3. The molecule has 1 aliphatic carbocycles. The lowest BCUT2D eigenvalue weighted by Gasteiger charge is -2.37. The second-order valence-corrected chi connectivity index (χ2v) is 7.79. The number of hydrogen-bond acceptors (Lipinski definition) is 5. The van der Waals surface area contributed by atoms with Gasteiger partial charge in [0.15, 0.2) is 0 Å². The van der Waals surface area contributed by atoms with Crippen molar-refractivity contribution < 1.29 is 23.5 Å². The van der Waals surface area contributed by atoms with Gasteiger partial charge < -0.3 is 20.2 Å². The van der Waals surface area contributed by atoms with Gasteiger partial charge in [-0.15, -0.1) is 0 Å². The van der Waals surface area contributed by atoms with Gasteiger partial charge in [0.2, 0.25) is 5.91 Å². The average Bonchev–Trinajstić information content (AvgIpc) is 3.02. The highest BCUT2D eigenvalue weighted by Crippen LogP contribution is 2.38. The van der Waals surface area contributed by atoms with Crippen LogP contribution in [0.2, 0.25) is 0 Å². The minimum absolute atomic E-state index is 0.0326. The molecule has 0 radical (unpaired) electrons. The summed E-state index contributed by atoms with van der Waals surface area (Å²) in [5, 5.41) is 19.2. The summed E-state index contributed by atoms with van der Waals surface area (Å²) in [5.41, 5.74) is 2.44. The van der Waals surface area contributed by atoms with Crippen molar-refractivity contribution >= 4 is 23.3 Å². The third kappa shape index (κ3) is 4.60. The maximum Gasteiger partial charge on any atom is 0.354 e. The zero-order valence-corrected chi connectivity index (χ0v) is 17.1. The van der Waals surface area contributed by atoms with E-state index in [-0.39, 0.29) is 23.7 Å².